The molecule has 0 saturated carbocycles. The largest absolute Gasteiger partial charge is 0.497 e. The van der Waals surface area contributed by atoms with E-state index in [1.807, 2.05) is 46.8 Å². The van der Waals surface area contributed by atoms with Crippen molar-refractivity contribution < 1.29 is 19.1 Å². The van der Waals surface area contributed by atoms with Crippen LogP contribution in [0.3, 0.4) is 0 Å². The highest BCUT2D eigenvalue weighted by Gasteiger charge is 2.29. The second-order valence-electron chi connectivity index (χ2n) is 6.27. The Bertz CT molecular complexity index is 557. The highest BCUT2D eigenvalue weighted by atomic mass is 16.6. The van der Waals surface area contributed by atoms with Crippen LogP contribution in [-0.4, -0.2) is 37.8 Å². The Labute approximate surface area is 150 Å². The Kier molecular flexibility index (Phi) is 8.25. The summed E-state index contributed by atoms with van der Waals surface area (Å²) in [6.45, 7) is 9.95. The zero-order chi connectivity index (χ0) is 19.0. The first-order valence-corrected chi connectivity index (χ1v) is 8.76. The molecule has 1 N–H and O–H groups in total. The molecule has 2 amide bonds. The molecule has 1 aromatic rings. The van der Waals surface area contributed by atoms with Crippen molar-refractivity contribution in [2.75, 3.05) is 18.6 Å². The van der Waals surface area contributed by atoms with E-state index in [1.165, 1.54) is 0 Å². The number of nitrogens with one attached hydrogen (secondary N) is 1. The van der Waals surface area contributed by atoms with E-state index in [9.17, 15) is 9.59 Å². The van der Waals surface area contributed by atoms with Crippen LogP contribution in [0.2, 0.25) is 0 Å². The zero-order valence-electron chi connectivity index (χ0n) is 16.0. The highest BCUT2D eigenvalue weighted by Crippen LogP contribution is 2.21. The van der Waals surface area contributed by atoms with Gasteiger partial charge in [0.15, 0.2) is 0 Å². The smallest absolute Gasteiger partial charge is 0.408 e. The zero-order valence-corrected chi connectivity index (χ0v) is 16.0. The number of likely N-dealkylation sites (N-methyl/N-ethyl adjacent to an activating group) is 1. The summed E-state index contributed by atoms with van der Waals surface area (Å²) in [5, 5.41) is 2.71. The molecule has 0 saturated heterocycles. The van der Waals surface area contributed by atoms with Crippen molar-refractivity contribution >= 4 is 17.7 Å². The van der Waals surface area contributed by atoms with Crippen LogP contribution in [0.15, 0.2) is 24.3 Å². The Morgan fingerprint density at radius 3 is 2.16 bits per heavy atom. The summed E-state index contributed by atoms with van der Waals surface area (Å²) in [6, 6.07) is 6.61. The van der Waals surface area contributed by atoms with Gasteiger partial charge >= 0.3 is 6.09 Å². The first kappa shape index (κ1) is 20.8. The fourth-order valence-electron chi connectivity index (χ4n) is 2.34. The molecule has 0 aromatic heterocycles. The second-order valence-corrected chi connectivity index (χ2v) is 6.27. The topological polar surface area (TPSA) is 67.9 Å². The Balaban J connectivity index is 2.92. The number of rotatable bonds is 8. The molecule has 0 aliphatic carbocycles. The number of hydrogen-bond donors (Lipinski definition) is 1. The standard InChI is InChI=1S/C19H30N2O4/c1-7-14(5)25-19(23)20-17(13(3)4)18(22)21(8-2)15-9-11-16(24-6)12-10-15/h9-14,17H,7-8H2,1-6H3,(H,20,23)/t14?,17-/m0/s1. The van der Waals surface area contributed by atoms with Gasteiger partial charge < -0.3 is 19.7 Å². The number of carbonyl (C=O) groups excluding carboxylic acids is 2. The monoisotopic (exact) mass is 350 g/mol. The van der Waals surface area contributed by atoms with Gasteiger partial charge in [0.25, 0.3) is 0 Å². The van der Waals surface area contributed by atoms with Crippen molar-refractivity contribution in [1.29, 1.82) is 0 Å². The van der Waals surface area contributed by atoms with Crippen molar-refractivity contribution in [1.82, 2.24) is 5.32 Å². The summed E-state index contributed by atoms with van der Waals surface area (Å²) >= 11 is 0. The van der Waals surface area contributed by atoms with Gasteiger partial charge in [0.1, 0.15) is 17.9 Å². The van der Waals surface area contributed by atoms with Gasteiger partial charge in [-0.2, -0.15) is 0 Å². The molecule has 0 aliphatic rings. The predicted octanol–water partition coefficient (Wildman–Crippen LogP) is 3.60. The molecule has 0 heterocycles. The highest BCUT2D eigenvalue weighted by molar-refractivity contribution is 5.98. The summed E-state index contributed by atoms with van der Waals surface area (Å²) in [7, 11) is 1.60. The van der Waals surface area contributed by atoms with Crippen molar-refractivity contribution in [3.63, 3.8) is 0 Å². The van der Waals surface area contributed by atoms with Gasteiger partial charge in [-0.1, -0.05) is 20.8 Å². The first-order chi connectivity index (χ1) is 11.8. The minimum absolute atomic E-state index is 0.0655. The van der Waals surface area contributed by atoms with Crippen LogP contribution in [-0.2, 0) is 9.53 Å². The molecule has 2 atom stereocenters. The van der Waals surface area contributed by atoms with Gasteiger partial charge in [-0.25, -0.2) is 4.79 Å². The van der Waals surface area contributed by atoms with Crippen LogP contribution in [0.25, 0.3) is 0 Å². The number of anilines is 1. The number of benzene rings is 1. The average molecular weight is 350 g/mol. The molecule has 25 heavy (non-hydrogen) atoms. The summed E-state index contributed by atoms with van der Waals surface area (Å²) in [5.41, 5.74) is 0.760. The molecular formula is C19H30N2O4. The fraction of sp³-hybridized carbons (Fsp3) is 0.579. The Morgan fingerprint density at radius 1 is 1.12 bits per heavy atom. The SMILES string of the molecule is CCC(C)OC(=O)N[C@H](C(=O)N(CC)c1ccc(OC)cc1)C(C)C. The van der Waals surface area contributed by atoms with E-state index in [0.29, 0.717) is 6.54 Å². The van der Waals surface area contributed by atoms with Gasteiger partial charge in [0, 0.05) is 12.2 Å². The molecule has 0 fully saturated rings. The third-order valence-corrected chi connectivity index (χ3v) is 4.06. The van der Waals surface area contributed by atoms with Crippen LogP contribution in [0.4, 0.5) is 10.5 Å². The lowest BCUT2D eigenvalue weighted by Crippen LogP contribution is -2.51. The summed E-state index contributed by atoms with van der Waals surface area (Å²) in [4.78, 5) is 26.7. The van der Waals surface area contributed by atoms with Crippen LogP contribution in [0.5, 0.6) is 5.75 Å². The molecule has 6 nitrogen and oxygen atoms in total. The van der Waals surface area contributed by atoms with Gasteiger partial charge in [0.05, 0.1) is 7.11 Å². The first-order valence-electron chi connectivity index (χ1n) is 8.76. The van der Waals surface area contributed by atoms with Crippen LogP contribution >= 0.6 is 0 Å². The Hall–Kier alpha value is -2.24. The van der Waals surface area contributed by atoms with E-state index in [1.54, 1.807) is 24.1 Å². The van der Waals surface area contributed by atoms with Crippen LogP contribution in [0, 0.1) is 5.92 Å². The molecule has 140 valence electrons. The summed E-state index contributed by atoms with van der Waals surface area (Å²) in [6.07, 6.45) is -0.0281. The molecule has 1 unspecified atom stereocenters. The maximum Gasteiger partial charge on any atom is 0.408 e. The maximum atomic E-state index is 13.0. The van der Waals surface area contributed by atoms with Crippen LogP contribution < -0.4 is 15.0 Å². The molecular weight excluding hydrogens is 320 g/mol. The van der Waals surface area contributed by atoms with E-state index in [4.69, 9.17) is 9.47 Å². The van der Waals surface area contributed by atoms with E-state index in [-0.39, 0.29) is 17.9 Å². The lowest BCUT2D eigenvalue weighted by molar-refractivity contribution is -0.121. The predicted molar refractivity (Wildman–Crippen MR) is 99.0 cm³/mol. The van der Waals surface area contributed by atoms with Crippen molar-refractivity contribution in [3.8, 4) is 5.75 Å². The van der Waals surface area contributed by atoms with Crippen molar-refractivity contribution in [3.05, 3.63) is 24.3 Å². The van der Waals surface area contributed by atoms with E-state index < -0.39 is 12.1 Å². The van der Waals surface area contributed by atoms with E-state index in [2.05, 4.69) is 5.32 Å². The van der Waals surface area contributed by atoms with E-state index >= 15 is 0 Å². The molecule has 1 rings (SSSR count). The van der Waals surface area contributed by atoms with Gasteiger partial charge in [0.2, 0.25) is 5.91 Å². The third kappa shape index (κ3) is 5.96. The second kappa shape index (κ2) is 9.91. The lowest BCUT2D eigenvalue weighted by atomic mass is 10.0. The normalized spacial score (nSPS) is 13.1. The van der Waals surface area contributed by atoms with Crippen LogP contribution in [0.1, 0.15) is 41.0 Å². The van der Waals surface area contributed by atoms with Gasteiger partial charge in [-0.15, -0.1) is 0 Å². The maximum absolute atomic E-state index is 13.0. The average Bonchev–Trinajstić information content (AvgIpc) is 2.60. The number of amides is 2. The molecule has 0 aliphatic heterocycles. The van der Waals surface area contributed by atoms with E-state index in [0.717, 1.165) is 17.9 Å². The number of nitrogens with zero attached hydrogens (tertiary/aromatic N) is 1. The number of hydrogen-bond acceptors (Lipinski definition) is 4. The number of methoxy groups -OCH3 is 1. The van der Waals surface area contributed by atoms with Gasteiger partial charge in [-0.05, 0) is 50.5 Å². The third-order valence-electron chi connectivity index (χ3n) is 4.06. The minimum Gasteiger partial charge on any atom is -0.497 e. The lowest BCUT2D eigenvalue weighted by Gasteiger charge is -2.29. The summed E-state index contributed by atoms with van der Waals surface area (Å²) < 4.78 is 10.4. The molecule has 6 heteroatoms. The number of ether oxygens (including phenoxy) is 2. The minimum atomic E-state index is -0.654. The molecule has 1 aromatic carbocycles. The quantitative estimate of drug-likeness (QED) is 0.778. The van der Waals surface area contributed by atoms with Crippen molar-refractivity contribution in [2.45, 2.75) is 53.2 Å². The molecule has 0 bridgehead atoms. The van der Waals surface area contributed by atoms with Crippen molar-refractivity contribution in [2.24, 2.45) is 5.92 Å². The fourth-order valence-corrected chi connectivity index (χ4v) is 2.34. The number of alkyl carbamates (subject to hydrolysis) is 1. The van der Waals surface area contributed by atoms with Gasteiger partial charge in [-0.3, -0.25) is 4.79 Å². The number of carbonyl (C=O) groups is 2. The summed E-state index contributed by atoms with van der Waals surface area (Å²) in [5.74, 6) is 0.496. The Morgan fingerprint density at radius 2 is 1.72 bits per heavy atom. The molecule has 0 spiro atoms. The molecule has 0 radical (unpaired) electrons.